The third kappa shape index (κ3) is 2.99. The fourth-order valence-electron chi connectivity index (χ4n) is 2.68. The van der Waals surface area contributed by atoms with E-state index in [9.17, 15) is 9.18 Å². The highest BCUT2D eigenvalue weighted by atomic mass is 32.1. The summed E-state index contributed by atoms with van der Waals surface area (Å²) in [5, 5.41) is 4.97. The molecule has 1 fully saturated rings. The minimum absolute atomic E-state index is 0.115. The number of benzene rings is 1. The predicted molar refractivity (Wildman–Crippen MR) is 79.9 cm³/mol. The number of halogens is 1. The Morgan fingerprint density at radius 1 is 1.24 bits per heavy atom. The van der Waals surface area contributed by atoms with Crippen molar-refractivity contribution in [2.75, 3.05) is 13.2 Å². The van der Waals surface area contributed by atoms with Crippen LogP contribution in [0.1, 0.15) is 28.1 Å². The van der Waals surface area contributed by atoms with E-state index in [1.165, 1.54) is 23.5 Å². The number of hydrogen-bond acceptors (Lipinski definition) is 3. The molecule has 1 aromatic carbocycles. The molecule has 1 aliphatic rings. The zero-order valence-corrected chi connectivity index (χ0v) is 12.3. The summed E-state index contributed by atoms with van der Waals surface area (Å²) in [5.41, 5.74) is 0.247. The molecule has 1 aliphatic heterocycles. The van der Waals surface area contributed by atoms with Crippen molar-refractivity contribution >= 4 is 17.2 Å². The molecule has 0 radical (unpaired) electrons. The van der Waals surface area contributed by atoms with Crippen LogP contribution in [0.25, 0.3) is 0 Å². The van der Waals surface area contributed by atoms with E-state index in [4.69, 9.17) is 4.74 Å². The highest BCUT2D eigenvalue weighted by Crippen LogP contribution is 2.33. The summed E-state index contributed by atoms with van der Waals surface area (Å²) in [6, 6.07) is 10.1. The van der Waals surface area contributed by atoms with Crippen molar-refractivity contribution < 1.29 is 13.9 Å². The molecule has 110 valence electrons. The van der Waals surface area contributed by atoms with Crippen LogP contribution in [-0.2, 0) is 10.3 Å². The first-order valence-electron chi connectivity index (χ1n) is 6.89. The second-order valence-electron chi connectivity index (χ2n) is 5.14. The number of hydrogen-bond donors (Lipinski definition) is 1. The van der Waals surface area contributed by atoms with Crippen LogP contribution < -0.4 is 5.32 Å². The highest BCUT2D eigenvalue weighted by Gasteiger charge is 2.36. The van der Waals surface area contributed by atoms with Crippen molar-refractivity contribution in [2.45, 2.75) is 18.4 Å². The topological polar surface area (TPSA) is 38.3 Å². The Bertz CT molecular complexity index is 621. The number of amides is 1. The van der Waals surface area contributed by atoms with E-state index in [2.05, 4.69) is 5.32 Å². The number of ether oxygens (including phenoxy) is 1. The van der Waals surface area contributed by atoms with Crippen LogP contribution in [0, 0.1) is 5.82 Å². The number of nitrogens with one attached hydrogen (secondary N) is 1. The summed E-state index contributed by atoms with van der Waals surface area (Å²) >= 11 is 1.40. The molecule has 0 bridgehead atoms. The van der Waals surface area contributed by atoms with Gasteiger partial charge >= 0.3 is 0 Å². The average molecular weight is 305 g/mol. The van der Waals surface area contributed by atoms with Crippen LogP contribution in [-0.4, -0.2) is 19.1 Å². The average Bonchev–Trinajstić information content (AvgIpc) is 3.02. The van der Waals surface area contributed by atoms with Gasteiger partial charge in [0.15, 0.2) is 0 Å². The molecule has 2 heterocycles. The zero-order chi connectivity index (χ0) is 14.7. The third-order valence-electron chi connectivity index (χ3n) is 3.82. The minimum Gasteiger partial charge on any atom is -0.381 e. The van der Waals surface area contributed by atoms with Crippen LogP contribution in [0.5, 0.6) is 0 Å². The van der Waals surface area contributed by atoms with Gasteiger partial charge in [-0.25, -0.2) is 4.39 Å². The Labute approximate surface area is 126 Å². The Morgan fingerprint density at radius 3 is 2.71 bits per heavy atom. The standard InChI is InChI=1S/C16H16FNO2S/c17-13-4-1-3-12(11-13)16(6-8-20-9-7-16)18-15(19)14-5-2-10-21-14/h1-5,10-11H,6-9H2,(H,18,19). The molecule has 0 saturated carbocycles. The van der Waals surface area contributed by atoms with E-state index in [1.807, 2.05) is 17.5 Å². The maximum Gasteiger partial charge on any atom is 0.262 e. The van der Waals surface area contributed by atoms with Gasteiger partial charge in [-0.05, 0) is 42.0 Å². The molecule has 0 spiro atoms. The van der Waals surface area contributed by atoms with Gasteiger partial charge < -0.3 is 10.1 Å². The normalized spacial score (nSPS) is 17.4. The van der Waals surface area contributed by atoms with E-state index in [0.717, 1.165) is 5.56 Å². The fraction of sp³-hybridized carbons (Fsp3) is 0.312. The van der Waals surface area contributed by atoms with Crippen molar-refractivity contribution in [1.82, 2.24) is 5.32 Å². The SMILES string of the molecule is O=C(NC1(c2cccc(F)c2)CCOCC1)c1cccs1. The molecule has 2 aromatic rings. The molecular formula is C16H16FNO2S. The van der Waals surface area contributed by atoms with Crippen molar-refractivity contribution in [2.24, 2.45) is 0 Å². The number of rotatable bonds is 3. The van der Waals surface area contributed by atoms with Crippen LogP contribution in [0.4, 0.5) is 4.39 Å². The van der Waals surface area contributed by atoms with Gasteiger partial charge in [-0.3, -0.25) is 4.79 Å². The lowest BCUT2D eigenvalue weighted by Gasteiger charge is -2.38. The Morgan fingerprint density at radius 2 is 2.05 bits per heavy atom. The van der Waals surface area contributed by atoms with Crippen LogP contribution in [0.3, 0.4) is 0 Å². The summed E-state index contributed by atoms with van der Waals surface area (Å²) in [4.78, 5) is 13.1. The Kier molecular flexibility index (Phi) is 4.03. The summed E-state index contributed by atoms with van der Waals surface area (Å²) in [6.07, 6.45) is 1.29. The quantitative estimate of drug-likeness (QED) is 0.944. The van der Waals surface area contributed by atoms with Gasteiger partial charge in [0.25, 0.3) is 5.91 Å². The van der Waals surface area contributed by atoms with E-state index in [0.29, 0.717) is 30.9 Å². The molecule has 1 aromatic heterocycles. The summed E-state index contributed by atoms with van der Waals surface area (Å²) in [7, 11) is 0. The first-order chi connectivity index (χ1) is 10.2. The maximum atomic E-state index is 13.6. The number of carbonyl (C=O) groups excluding carboxylic acids is 1. The number of carbonyl (C=O) groups is 1. The molecule has 1 N–H and O–H groups in total. The van der Waals surface area contributed by atoms with Crippen LogP contribution in [0.2, 0.25) is 0 Å². The van der Waals surface area contributed by atoms with Crippen molar-refractivity contribution in [3.8, 4) is 0 Å². The predicted octanol–water partition coefficient (Wildman–Crippen LogP) is 3.32. The van der Waals surface area contributed by atoms with E-state index in [-0.39, 0.29) is 11.7 Å². The summed E-state index contributed by atoms with van der Waals surface area (Å²) in [5.74, 6) is -0.403. The summed E-state index contributed by atoms with van der Waals surface area (Å²) in [6.45, 7) is 1.11. The minimum atomic E-state index is -0.554. The molecule has 1 saturated heterocycles. The van der Waals surface area contributed by atoms with Crippen molar-refractivity contribution in [1.29, 1.82) is 0 Å². The molecule has 3 nitrogen and oxygen atoms in total. The smallest absolute Gasteiger partial charge is 0.262 e. The molecule has 0 unspecified atom stereocenters. The first-order valence-corrected chi connectivity index (χ1v) is 7.77. The third-order valence-corrected chi connectivity index (χ3v) is 4.69. The van der Waals surface area contributed by atoms with Crippen molar-refractivity contribution in [3.63, 3.8) is 0 Å². The monoisotopic (exact) mass is 305 g/mol. The van der Waals surface area contributed by atoms with Gasteiger partial charge in [0.2, 0.25) is 0 Å². The lowest BCUT2D eigenvalue weighted by atomic mass is 9.82. The van der Waals surface area contributed by atoms with E-state index < -0.39 is 5.54 Å². The Hall–Kier alpha value is -1.72. The van der Waals surface area contributed by atoms with Crippen LogP contribution >= 0.6 is 11.3 Å². The van der Waals surface area contributed by atoms with Gasteiger partial charge in [-0.1, -0.05) is 18.2 Å². The molecule has 0 atom stereocenters. The van der Waals surface area contributed by atoms with Crippen LogP contribution in [0.15, 0.2) is 41.8 Å². The lowest BCUT2D eigenvalue weighted by Crippen LogP contribution is -2.49. The lowest BCUT2D eigenvalue weighted by molar-refractivity contribution is 0.0345. The number of thiophene rings is 1. The molecule has 1 amide bonds. The molecule has 0 aliphatic carbocycles. The van der Waals surface area contributed by atoms with Gasteiger partial charge in [-0.15, -0.1) is 11.3 Å². The molecule has 5 heteroatoms. The van der Waals surface area contributed by atoms with Crippen molar-refractivity contribution in [3.05, 3.63) is 58.0 Å². The summed E-state index contributed by atoms with van der Waals surface area (Å²) < 4.78 is 19.0. The van der Waals surface area contributed by atoms with Gasteiger partial charge in [0.05, 0.1) is 10.4 Å². The molecule has 3 rings (SSSR count). The van der Waals surface area contributed by atoms with Gasteiger partial charge in [0, 0.05) is 13.2 Å². The maximum absolute atomic E-state index is 13.6. The largest absolute Gasteiger partial charge is 0.381 e. The second-order valence-corrected chi connectivity index (χ2v) is 6.08. The Balaban J connectivity index is 1.91. The first kappa shape index (κ1) is 14.2. The fourth-order valence-corrected chi connectivity index (χ4v) is 3.30. The van der Waals surface area contributed by atoms with Gasteiger partial charge in [-0.2, -0.15) is 0 Å². The highest BCUT2D eigenvalue weighted by molar-refractivity contribution is 7.12. The molecular weight excluding hydrogens is 289 g/mol. The van der Waals surface area contributed by atoms with Gasteiger partial charge in [0.1, 0.15) is 5.82 Å². The van der Waals surface area contributed by atoms with E-state index in [1.54, 1.807) is 12.1 Å². The molecule has 21 heavy (non-hydrogen) atoms. The zero-order valence-electron chi connectivity index (χ0n) is 11.5. The second kappa shape index (κ2) is 5.95. The van der Waals surface area contributed by atoms with E-state index >= 15 is 0 Å².